The first-order valence-electron chi connectivity index (χ1n) is 8.37. The minimum absolute atomic E-state index is 0.0603. The average molecular weight is 336 g/mol. The van der Waals surface area contributed by atoms with Crippen LogP contribution in [0.25, 0.3) is 11.0 Å². The molecular weight excluding hydrogens is 316 g/mol. The van der Waals surface area contributed by atoms with Gasteiger partial charge < -0.3 is 9.15 Å². The molecule has 0 N–H and O–H groups in total. The van der Waals surface area contributed by atoms with Crippen molar-refractivity contribution in [3.05, 3.63) is 75.6 Å². The second-order valence-electron chi connectivity index (χ2n) is 5.98. The molecule has 0 atom stereocenters. The number of ketones is 1. The van der Waals surface area contributed by atoms with Crippen LogP contribution in [0.2, 0.25) is 0 Å². The molecule has 0 aliphatic rings. The Morgan fingerprint density at radius 2 is 1.88 bits per heavy atom. The van der Waals surface area contributed by atoms with Crippen molar-refractivity contribution in [2.45, 2.75) is 26.7 Å². The lowest BCUT2D eigenvalue weighted by molar-refractivity contribution is 0.0921. The van der Waals surface area contributed by atoms with Gasteiger partial charge in [0.05, 0.1) is 0 Å². The van der Waals surface area contributed by atoms with Crippen LogP contribution in [0, 0.1) is 6.92 Å². The molecule has 0 unspecified atom stereocenters. The maximum Gasteiger partial charge on any atom is 0.336 e. The highest BCUT2D eigenvalue weighted by Crippen LogP contribution is 2.29. The summed E-state index contributed by atoms with van der Waals surface area (Å²) < 4.78 is 11.1. The van der Waals surface area contributed by atoms with Crippen molar-refractivity contribution >= 4 is 16.8 Å². The smallest absolute Gasteiger partial charge is 0.336 e. The molecule has 2 aromatic carbocycles. The zero-order valence-corrected chi connectivity index (χ0v) is 14.4. The number of carbonyl (C=O) groups excluding carboxylic acids is 1. The molecular formula is C21H20O4. The molecule has 3 aromatic rings. The molecule has 25 heavy (non-hydrogen) atoms. The van der Waals surface area contributed by atoms with Gasteiger partial charge in [-0.05, 0) is 31.0 Å². The van der Waals surface area contributed by atoms with Gasteiger partial charge in [0.25, 0.3) is 0 Å². The zero-order valence-electron chi connectivity index (χ0n) is 14.4. The van der Waals surface area contributed by atoms with E-state index in [2.05, 4.69) is 6.92 Å². The van der Waals surface area contributed by atoms with Gasteiger partial charge in [-0.15, -0.1) is 0 Å². The molecule has 0 aliphatic carbocycles. The molecule has 0 amide bonds. The first kappa shape index (κ1) is 17.0. The molecule has 0 aliphatic heterocycles. The van der Waals surface area contributed by atoms with Gasteiger partial charge in [-0.1, -0.05) is 43.7 Å². The van der Waals surface area contributed by atoms with Crippen LogP contribution in [0.3, 0.4) is 0 Å². The quantitative estimate of drug-likeness (QED) is 0.497. The van der Waals surface area contributed by atoms with E-state index < -0.39 is 0 Å². The van der Waals surface area contributed by atoms with Crippen LogP contribution in [0.5, 0.6) is 5.75 Å². The van der Waals surface area contributed by atoms with Crippen molar-refractivity contribution < 1.29 is 13.9 Å². The van der Waals surface area contributed by atoms with Crippen molar-refractivity contribution in [1.29, 1.82) is 0 Å². The molecule has 1 aromatic heterocycles. The second-order valence-corrected chi connectivity index (χ2v) is 5.98. The van der Waals surface area contributed by atoms with E-state index in [1.165, 1.54) is 0 Å². The standard InChI is InChI=1S/C21H20O4/c1-3-7-16-12-20(23)25-21-14(2)19(11-10-17(16)21)24-13-18(22)15-8-5-4-6-9-15/h4-6,8-12H,3,7,13H2,1-2H3. The maximum absolute atomic E-state index is 12.2. The number of aryl methyl sites for hydroxylation is 2. The average Bonchev–Trinajstić information content (AvgIpc) is 2.62. The van der Waals surface area contributed by atoms with Gasteiger partial charge >= 0.3 is 5.63 Å². The summed E-state index contributed by atoms with van der Waals surface area (Å²) in [6, 6.07) is 14.3. The summed E-state index contributed by atoms with van der Waals surface area (Å²) in [6.07, 6.45) is 1.76. The third kappa shape index (κ3) is 3.63. The number of ether oxygens (including phenoxy) is 1. The normalized spacial score (nSPS) is 10.8. The van der Waals surface area contributed by atoms with Gasteiger partial charge in [-0.2, -0.15) is 0 Å². The highest BCUT2D eigenvalue weighted by molar-refractivity contribution is 5.97. The predicted molar refractivity (Wildman–Crippen MR) is 97.5 cm³/mol. The van der Waals surface area contributed by atoms with E-state index in [-0.39, 0.29) is 18.0 Å². The van der Waals surface area contributed by atoms with Crippen LogP contribution in [0.15, 0.2) is 57.7 Å². The molecule has 0 fully saturated rings. The number of fused-ring (bicyclic) bond motifs is 1. The van der Waals surface area contributed by atoms with E-state index in [0.29, 0.717) is 16.9 Å². The Morgan fingerprint density at radius 3 is 2.60 bits per heavy atom. The lowest BCUT2D eigenvalue weighted by atomic mass is 10.0. The van der Waals surface area contributed by atoms with Gasteiger partial charge in [-0.3, -0.25) is 4.79 Å². The Kier molecular flexibility index (Phi) is 4.98. The van der Waals surface area contributed by atoms with Gasteiger partial charge in [-0.25, -0.2) is 4.79 Å². The zero-order chi connectivity index (χ0) is 17.8. The summed E-state index contributed by atoms with van der Waals surface area (Å²) in [6.45, 7) is 3.85. The Morgan fingerprint density at radius 1 is 1.12 bits per heavy atom. The Bertz CT molecular complexity index is 955. The number of benzene rings is 2. The third-order valence-electron chi connectivity index (χ3n) is 4.17. The van der Waals surface area contributed by atoms with Crippen molar-refractivity contribution in [3.63, 3.8) is 0 Å². The number of Topliss-reactive ketones (excluding diaryl/α,β-unsaturated/α-hetero) is 1. The molecule has 0 bridgehead atoms. The number of rotatable bonds is 6. The minimum atomic E-state index is -0.364. The molecule has 1 heterocycles. The summed E-state index contributed by atoms with van der Waals surface area (Å²) in [5.74, 6) is 0.454. The minimum Gasteiger partial charge on any atom is -0.485 e. The lowest BCUT2D eigenvalue weighted by Gasteiger charge is -2.12. The van der Waals surface area contributed by atoms with Crippen molar-refractivity contribution in [1.82, 2.24) is 0 Å². The van der Waals surface area contributed by atoms with E-state index in [0.717, 1.165) is 29.4 Å². The number of carbonyl (C=O) groups is 1. The van der Waals surface area contributed by atoms with Crippen molar-refractivity contribution in [3.8, 4) is 5.75 Å². The highest BCUT2D eigenvalue weighted by atomic mass is 16.5. The molecule has 3 rings (SSSR count). The monoisotopic (exact) mass is 336 g/mol. The summed E-state index contributed by atoms with van der Waals surface area (Å²) >= 11 is 0. The highest BCUT2D eigenvalue weighted by Gasteiger charge is 2.13. The summed E-state index contributed by atoms with van der Waals surface area (Å²) in [4.78, 5) is 24.0. The number of hydrogen-bond donors (Lipinski definition) is 0. The predicted octanol–water partition coefficient (Wildman–Crippen LogP) is 4.32. The summed E-state index contributed by atoms with van der Waals surface area (Å²) in [5, 5.41) is 0.917. The molecule has 4 nitrogen and oxygen atoms in total. The Hall–Kier alpha value is -2.88. The SMILES string of the molecule is CCCc1cc(=O)oc2c(C)c(OCC(=O)c3ccccc3)ccc12. The van der Waals surface area contributed by atoms with Crippen LogP contribution >= 0.6 is 0 Å². The fourth-order valence-corrected chi connectivity index (χ4v) is 2.89. The summed E-state index contributed by atoms with van der Waals surface area (Å²) in [7, 11) is 0. The first-order valence-corrected chi connectivity index (χ1v) is 8.37. The lowest BCUT2D eigenvalue weighted by Crippen LogP contribution is -2.12. The molecule has 0 radical (unpaired) electrons. The van der Waals surface area contributed by atoms with Gasteiger partial charge in [0.15, 0.2) is 12.4 Å². The van der Waals surface area contributed by atoms with E-state index >= 15 is 0 Å². The van der Waals surface area contributed by atoms with E-state index in [1.54, 1.807) is 18.2 Å². The van der Waals surface area contributed by atoms with E-state index in [1.807, 2.05) is 37.3 Å². The first-order chi connectivity index (χ1) is 12.1. The van der Waals surface area contributed by atoms with Crippen molar-refractivity contribution in [2.24, 2.45) is 0 Å². The van der Waals surface area contributed by atoms with Crippen LogP contribution in [0.4, 0.5) is 0 Å². The topological polar surface area (TPSA) is 56.5 Å². The molecule has 0 spiro atoms. The van der Waals surface area contributed by atoms with Crippen LogP contribution < -0.4 is 10.4 Å². The molecule has 0 saturated heterocycles. The fourth-order valence-electron chi connectivity index (χ4n) is 2.89. The molecule has 0 saturated carbocycles. The van der Waals surface area contributed by atoms with E-state index in [4.69, 9.17) is 9.15 Å². The number of hydrogen-bond acceptors (Lipinski definition) is 4. The van der Waals surface area contributed by atoms with Crippen molar-refractivity contribution in [2.75, 3.05) is 6.61 Å². The molecule has 4 heteroatoms. The van der Waals surface area contributed by atoms with Crippen LogP contribution in [-0.4, -0.2) is 12.4 Å². The van der Waals surface area contributed by atoms with Gasteiger partial charge in [0, 0.05) is 22.6 Å². The largest absolute Gasteiger partial charge is 0.485 e. The van der Waals surface area contributed by atoms with Crippen LogP contribution in [0.1, 0.15) is 34.8 Å². The second kappa shape index (κ2) is 7.34. The summed E-state index contributed by atoms with van der Waals surface area (Å²) in [5.41, 5.74) is 2.48. The Labute approximate surface area is 146 Å². The Balaban J connectivity index is 1.89. The molecule has 128 valence electrons. The van der Waals surface area contributed by atoms with Gasteiger partial charge in [0.2, 0.25) is 0 Å². The fraction of sp³-hybridized carbons (Fsp3) is 0.238. The van der Waals surface area contributed by atoms with E-state index in [9.17, 15) is 9.59 Å². The van der Waals surface area contributed by atoms with Crippen LogP contribution in [-0.2, 0) is 6.42 Å². The maximum atomic E-state index is 12.2. The third-order valence-corrected chi connectivity index (χ3v) is 4.17. The van der Waals surface area contributed by atoms with Gasteiger partial charge in [0.1, 0.15) is 11.3 Å².